The van der Waals surface area contributed by atoms with Crippen LogP contribution in [0, 0.1) is 40.9 Å². The minimum atomic E-state index is -4.71. The number of nitrogens with one attached hydrogen (secondary N) is 1. The van der Waals surface area contributed by atoms with E-state index < -0.39 is 6.36 Å². The minimum absolute atomic E-state index is 0.0115. The van der Waals surface area contributed by atoms with Crippen LogP contribution in [0.3, 0.4) is 0 Å². The third kappa shape index (κ3) is 4.58. The van der Waals surface area contributed by atoms with Crippen LogP contribution in [0.15, 0.2) is 24.3 Å². The van der Waals surface area contributed by atoms with Crippen LogP contribution in [0.25, 0.3) is 0 Å². The largest absolute Gasteiger partial charge is 0.573 e. The average Bonchev–Trinajstić information content (AvgIpc) is 3.15. The molecule has 4 aliphatic rings. The Hall–Kier alpha value is -1.76. The number of hydrogen-bond acceptors (Lipinski definition) is 4. The number of ether oxygens (including phenoxy) is 1. The standard InChI is InChI=1S/C28H39F3N2O2/c1-17-11-14-27(32)18(15-17)3-8-21-22-9-10-24(26(22,2)13-12-23(21)27)25(34)16-33-19-4-6-20(7-5-19)35-28(29,30)31/h4-7,17-18,21-24,33H,3,8-16,32H2,1-2H3. The molecule has 0 aromatic heterocycles. The lowest BCUT2D eigenvalue weighted by atomic mass is 9.46. The van der Waals surface area contributed by atoms with Crippen LogP contribution in [-0.2, 0) is 4.79 Å². The molecule has 3 N–H and O–H groups in total. The number of hydrogen-bond donors (Lipinski definition) is 2. The molecule has 4 nitrogen and oxygen atoms in total. The van der Waals surface area contributed by atoms with Crippen molar-refractivity contribution >= 4 is 11.5 Å². The van der Waals surface area contributed by atoms with Crippen molar-refractivity contribution in [3.63, 3.8) is 0 Å². The number of anilines is 1. The molecule has 4 aliphatic carbocycles. The predicted octanol–water partition coefficient (Wildman–Crippen LogP) is 6.55. The van der Waals surface area contributed by atoms with Gasteiger partial charge in [0.1, 0.15) is 5.75 Å². The fraction of sp³-hybridized carbons (Fsp3) is 0.750. The molecule has 0 heterocycles. The molecule has 5 rings (SSSR count). The van der Waals surface area contributed by atoms with E-state index >= 15 is 0 Å². The van der Waals surface area contributed by atoms with Crippen molar-refractivity contribution in [1.29, 1.82) is 0 Å². The second-order valence-electron chi connectivity index (χ2n) is 12.2. The van der Waals surface area contributed by atoms with E-state index in [-0.39, 0.29) is 34.9 Å². The maximum Gasteiger partial charge on any atom is 0.573 e. The molecule has 4 saturated carbocycles. The maximum absolute atomic E-state index is 13.4. The molecular formula is C28H39F3N2O2. The third-order valence-corrected chi connectivity index (χ3v) is 10.4. The van der Waals surface area contributed by atoms with Gasteiger partial charge in [-0.05, 0) is 117 Å². The van der Waals surface area contributed by atoms with Gasteiger partial charge in [-0.3, -0.25) is 4.79 Å². The van der Waals surface area contributed by atoms with Gasteiger partial charge in [0.05, 0.1) is 6.54 Å². The lowest BCUT2D eigenvalue weighted by Crippen LogP contribution is -2.63. The Morgan fingerprint density at radius 3 is 2.51 bits per heavy atom. The summed E-state index contributed by atoms with van der Waals surface area (Å²) in [5.74, 6) is 3.22. The molecule has 4 fully saturated rings. The number of fused-ring (bicyclic) bond motifs is 5. The van der Waals surface area contributed by atoms with Crippen LogP contribution in [0.5, 0.6) is 5.75 Å². The lowest BCUT2D eigenvalue weighted by Gasteiger charge is -2.60. The zero-order chi connectivity index (χ0) is 25.0. The molecule has 8 atom stereocenters. The number of Topliss-reactive ketones (excluding diaryl/α,β-unsaturated/α-hetero) is 1. The van der Waals surface area contributed by atoms with Gasteiger partial charge in [0.25, 0.3) is 0 Å². The predicted molar refractivity (Wildman–Crippen MR) is 130 cm³/mol. The van der Waals surface area contributed by atoms with Gasteiger partial charge < -0.3 is 15.8 Å². The van der Waals surface area contributed by atoms with E-state index in [0.717, 1.165) is 38.0 Å². The molecule has 35 heavy (non-hydrogen) atoms. The molecule has 0 amide bonds. The molecule has 0 radical (unpaired) electrons. The van der Waals surface area contributed by atoms with E-state index in [1.807, 2.05) is 0 Å². The monoisotopic (exact) mass is 492 g/mol. The van der Waals surface area contributed by atoms with Gasteiger partial charge in [-0.2, -0.15) is 0 Å². The molecule has 0 spiro atoms. The Morgan fingerprint density at radius 1 is 1.06 bits per heavy atom. The molecule has 194 valence electrons. The Morgan fingerprint density at radius 2 is 1.80 bits per heavy atom. The number of alkyl halides is 3. The van der Waals surface area contributed by atoms with Gasteiger partial charge in [0.15, 0.2) is 5.78 Å². The Balaban J connectivity index is 1.22. The normalized spacial score (nSPS) is 40.9. The van der Waals surface area contributed by atoms with Gasteiger partial charge in [-0.15, -0.1) is 13.2 Å². The highest BCUT2D eigenvalue weighted by molar-refractivity contribution is 5.86. The molecular weight excluding hydrogens is 453 g/mol. The first kappa shape index (κ1) is 24.9. The van der Waals surface area contributed by atoms with Crippen molar-refractivity contribution in [2.45, 2.75) is 83.5 Å². The maximum atomic E-state index is 13.4. The lowest BCUT2D eigenvalue weighted by molar-refractivity contribution is -0.274. The summed E-state index contributed by atoms with van der Waals surface area (Å²) >= 11 is 0. The van der Waals surface area contributed by atoms with E-state index in [9.17, 15) is 18.0 Å². The zero-order valence-corrected chi connectivity index (χ0v) is 20.9. The Labute approximate surface area is 206 Å². The fourth-order valence-corrected chi connectivity index (χ4v) is 8.76. The second kappa shape index (κ2) is 8.97. The minimum Gasteiger partial charge on any atom is -0.406 e. The van der Waals surface area contributed by atoms with E-state index in [2.05, 4.69) is 23.9 Å². The Bertz CT molecular complexity index is 935. The highest BCUT2D eigenvalue weighted by Gasteiger charge is 2.61. The quantitative estimate of drug-likeness (QED) is 0.489. The second-order valence-corrected chi connectivity index (χ2v) is 12.2. The van der Waals surface area contributed by atoms with Crippen LogP contribution in [0.4, 0.5) is 18.9 Å². The summed E-state index contributed by atoms with van der Waals surface area (Å²) in [6, 6.07) is 5.56. The number of rotatable bonds is 5. The summed E-state index contributed by atoms with van der Waals surface area (Å²) in [5, 5.41) is 3.12. The summed E-state index contributed by atoms with van der Waals surface area (Å²) < 4.78 is 41.0. The van der Waals surface area contributed by atoms with E-state index in [0.29, 0.717) is 29.4 Å². The number of benzene rings is 1. The number of halogens is 3. The topological polar surface area (TPSA) is 64.4 Å². The van der Waals surface area contributed by atoms with Crippen LogP contribution >= 0.6 is 0 Å². The fourth-order valence-electron chi connectivity index (χ4n) is 8.76. The average molecular weight is 493 g/mol. The van der Waals surface area contributed by atoms with Crippen LogP contribution in [0.2, 0.25) is 0 Å². The molecule has 7 heteroatoms. The van der Waals surface area contributed by atoms with Crippen molar-refractivity contribution in [3.8, 4) is 5.75 Å². The van der Waals surface area contributed by atoms with E-state index in [1.165, 1.54) is 49.9 Å². The van der Waals surface area contributed by atoms with Gasteiger partial charge >= 0.3 is 6.36 Å². The van der Waals surface area contributed by atoms with Crippen molar-refractivity contribution < 1.29 is 22.7 Å². The summed E-state index contributed by atoms with van der Waals surface area (Å²) in [6.45, 7) is 4.90. The molecule has 0 bridgehead atoms. The molecule has 1 aromatic rings. The van der Waals surface area contributed by atoms with Gasteiger partial charge in [-0.1, -0.05) is 13.8 Å². The Kier molecular flexibility index (Phi) is 6.38. The van der Waals surface area contributed by atoms with E-state index in [1.54, 1.807) is 0 Å². The van der Waals surface area contributed by atoms with Crippen molar-refractivity contribution in [1.82, 2.24) is 0 Å². The smallest absolute Gasteiger partial charge is 0.406 e. The molecule has 1 aromatic carbocycles. The van der Waals surface area contributed by atoms with Crippen molar-refractivity contribution in [3.05, 3.63) is 24.3 Å². The van der Waals surface area contributed by atoms with Crippen molar-refractivity contribution in [2.75, 3.05) is 11.9 Å². The third-order valence-electron chi connectivity index (χ3n) is 10.4. The molecule has 0 aliphatic heterocycles. The highest BCUT2D eigenvalue weighted by Crippen LogP contribution is 2.65. The first-order valence-electron chi connectivity index (χ1n) is 13.4. The van der Waals surface area contributed by atoms with Crippen LogP contribution in [-0.4, -0.2) is 24.2 Å². The number of ketones is 1. The number of nitrogens with two attached hydrogens (primary N) is 1. The van der Waals surface area contributed by atoms with Crippen LogP contribution < -0.4 is 15.8 Å². The highest BCUT2D eigenvalue weighted by atomic mass is 19.4. The molecule has 0 saturated heterocycles. The number of carbonyl (C=O) groups is 1. The summed E-state index contributed by atoms with van der Waals surface area (Å²) in [5.41, 5.74) is 7.84. The first-order chi connectivity index (χ1) is 16.5. The number of carbonyl (C=O) groups excluding carboxylic acids is 1. The van der Waals surface area contributed by atoms with E-state index in [4.69, 9.17) is 5.73 Å². The molecule has 8 unspecified atom stereocenters. The summed E-state index contributed by atoms with van der Waals surface area (Å²) in [6.07, 6.45) is 5.70. The van der Waals surface area contributed by atoms with Crippen molar-refractivity contribution in [2.24, 2.45) is 46.7 Å². The summed E-state index contributed by atoms with van der Waals surface area (Å²) in [4.78, 5) is 13.4. The first-order valence-corrected chi connectivity index (χ1v) is 13.4. The SMILES string of the molecule is CC1CCC2(N)C(CCC3C4CCC(C(=O)CNc5ccc(OC(F)(F)F)cc5)C4(C)CCC32)C1. The van der Waals surface area contributed by atoms with Gasteiger partial charge in [0.2, 0.25) is 0 Å². The van der Waals surface area contributed by atoms with Gasteiger partial charge in [0, 0.05) is 17.1 Å². The van der Waals surface area contributed by atoms with Crippen LogP contribution in [0.1, 0.15) is 71.6 Å². The van der Waals surface area contributed by atoms with Gasteiger partial charge in [-0.25, -0.2) is 0 Å². The zero-order valence-electron chi connectivity index (χ0n) is 20.9. The summed E-state index contributed by atoms with van der Waals surface area (Å²) in [7, 11) is 0.